The lowest BCUT2D eigenvalue weighted by atomic mass is 10.2. The maximum Gasteiger partial charge on any atom is 0.294 e. The van der Waals surface area contributed by atoms with Crippen molar-refractivity contribution in [3.8, 4) is 0 Å². The molecule has 0 heterocycles. The predicted molar refractivity (Wildman–Crippen MR) is 109 cm³/mol. The molecule has 0 saturated carbocycles. The third-order valence-electron chi connectivity index (χ3n) is 3.17. The second kappa shape index (κ2) is 10.4. The van der Waals surface area contributed by atoms with Crippen molar-refractivity contribution < 1.29 is 35.5 Å². The van der Waals surface area contributed by atoms with Crippen molar-refractivity contribution in [1.29, 1.82) is 0 Å². The smallest absolute Gasteiger partial charge is 0.293 e. The summed E-state index contributed by atoms with van der Waals surface area (Å²) in [6.45, 7) is 0. The lowest BCUT2D eigenvalue weighted by molar-refractivity contribution is 0.101. The number of alkyl halides is 2. The average Bonchev–Trinajstić information content (AvgIpc) is 2.66. The fraction of sp³-hybridized carbons (Fsp3) is 0.125. The van der Waals surface area contributed by atoms with E-state index in [2.05, 4.69) is 31.9 Å². The van der Waals surface area contributed by atoms with Crippen LogP contribution in [0.2, 0.25) is 0 Å². The van der Waals surface area contributed by atoms with Crippen molar-refractivity contribution >= 4 is 63.7 Å². The van der Waals surface area contributed by atoms with E-state index in [0.717, 1.165) is 6.07 Å². The molecule has 0 unspecified atom stereocenters. The average molecular weight is 558 g/mol. The molecule has 0 spiro atoms. The van der Waals surface area contributed by atoms with Crippen LogP contribution in [0.25, 0.3) is 0 Å². The van der Waals surface area contributed by atoms with Crippen molar-refractivity contribution in [1.82, 2.24) is 0 Å². The molecule has 0 fully saturated rings. The quantitative estimate of drug-likeness (QED) is 0.313. The topological polar surface area (TPSA) is 143 Å². The van der Waals surface area contributed by atoms with E-state index >= 15 is 0 Å². The molecular weight excluding hydrogens is 544 g/mol. The highest BCUT2D eigenvalue weighted by molar-refractivity contribution is 9.09. The number of ketones is 2. The molecule has 0 aliphatic carbocycles. The first kappa shape index (κ1) is 24.6. The van der Waals surface area contributed by atoms with Crippen LogP contribution in [0.1, 0.15) is 20.7 Å². The van der Waals surface area contributed by atoms with Gasteiger partial charge >= 0.3 is 0 Å². The molecule has 0 aromatic heterocycles. The van der Waals surface area contributed by atoms with Gasteiger partial charge in [-0.25, -0.2) is 0 Å². The summed E-state index contributed by atoms with van der Waals surface area (Å²) in [7, 11) is -8.41. The summed E-state index contributed by atoms with van der Waals surface area (Å²) in [5.41, 5.74) is 0.645. The van der Waals surface area contributed by atoms with E-state index in [0.29, 0.717) is 5.56 Å². The Labute approximate surface area is 178 Å². The molecule has 152 valence electrons. The lowest BCUT2D eigenvalue weighted by Gasteiger charge is -1.99. The van der Waals surface area contributed by atoms with Crippen LogP contribution in [-0.2, 0) is 20.2 Å². The zero-order valence-electron chi connectivity index (χ0n) is 13.9. The van der Waals surface area contributed by atoms with Crippen molar-refractivity contribution in [2.45, 2.75) is 9.79 Å². The summed E-state index contributed by atoms with van der Waals surface area (Å²) in [6.07, 6.45) is 0. The molecule has 28 heavy (non-hydrogen) atoms. The Balaban J connectivity index is 0.000000280. The Kier molecular flexibility index (Phi) is 9.11. The molecular formula is C16H14Br2O8S2. The molecule has 0 bridgehead atoms. The van der Waals surface area contributed by atoms with Gasteiger partial charge in [0.15, 0.2) is 11.6 Å². The zero-order chi connectivity index (χ0) is 21.5. The van der Waals surface area contributed by atoms with Crippen molar-refractivity contribution in [2.24, 2.45) is 0 Å². The molecule has 0 radical (unpaired) electrons. The fourth-order valence-electron chi connectivity index (χ4n) is 1.80. The Morgan fingerprint density at radius 3 is 1.61 bits per heavy atom. The van der Waals surface area contributed by atoms with E-state index in [1.165, 1.54) is 42.5 Å². The highest BCUT2D eigenvalue weighted by Gasteiger charge is 2.12. The van der Waals surface area contributed by atoms with Crippen LogP contribution < -0.4 is 0 Å². The van der Waals surface area contributed by atoms with Gasteiger partial charge in [0.25, 0.3) is 20.2 Å². The molecule has 0 saturated heterocycles. The number of carbonyl (C=O) groups is 2. The van der Waals surface area contributed by atoms with Gasteiger partial charge in [0.1, 0.15) is 0 Å². The van der Waals surface area contributed by atoms with Gasteiger partial charge in [-0.05, 0) is 36.4 Å². The van der Waals surface area contributed by atoms with Crippen LogP contribution in [0.3, 0.4) is 0 Å². The van der Waals surface area contributed by atoms with Crippen LogP contribution in [-0.4, -0.2) is 48.2 Å². The van der Waals surface area contributed by atoms with Crippen molar-refractivity contribution in [2.75, 3.05) is 10.7 Å². The number of hydrogen-bond acceptors (Lipinski definition) is 6. The molecule has 8 nitrogen and oxygen atoms in total. The van der Waals surface area contributed by atoms with Crippen LogP contribution in [0.15, 0.2) is 58.3 Å². The summed E-state index contributed by atoms with van der Waals surface area (Å²) in [5.74, 6) is -0.387. The van der Waals surface area contributed by atoms with E-state index in [9.17, 15) is 26.4 Å². The monoisotopic (exact) mass is 556 g/mol. The van der Waals surface area contributed by atoms with E-state index in [-0.39, 0.29) is 37.6 Å². The van der Waals surface area contributed by atoms with Gasteiger partial charge in [-0.1, -0.05) is 44.0 Å². The third-order valence-corrected chi connectivity index (χ3v) is 5.91. The minimum absolute atomic E-state index is 0.113. The SMILES string of the molecule is O=C(CBr)c1ccc(S(=O)(=O)O)cc1.O=C(CBr)c1cccc(S(=O)(=O)O)c1. The van der Waals surface area contributed by atoms with Crippen molar-refractivity contribution in [3.05, 3.63) is 59.7 Å². The van der Waals surface area contributed by atoms with Gasteiger partial charge in [0, 0.05) is 11.1 Å². The van der Waals surface area contributed by atoms with Gasteiger partial charge < -0.3 is 0 Å². The maximum atomic E-state index is 11.2. The Bertz CT molecular complexity index is 1060. The van der Waals surface area contributed by atoms with Gasteiger partial charge in [-0.2, -0.15) is 16.8 Å². The Hall–Kier alpha value is -1.44. The molecule has 2 rings (SSSR count). The van der Waals surface area contributed by atoms with Gasteiger partial charge in [0.05, 0.1) is 20.5 Å². The minimum atomic E-state index is -4.23. The Morgan fingerprint density at radius 2 is 1.18 bits per heavy atom. The first-order valence-corrected chi connectivity index (χ1v) is 12.4. The summed E-state index contributed by atoms with van der Waals surface area (Å²) in [4.78, 5) is 21.8. The van der Waals surface area contributed by atoms with Gasteiger partial charge in [0.2, 0.25) is 0 Å². The first-order valence-electron chi connectivity index (χ1n) is 7.23. The summed E-state index contributed by atoms with van der Waals surface area (Å²) < 4.78 is 60.1. The number of halogens is 2. The molecule has 12 heteroatoms. The van der Waals surface area contributed by atoms with Crippen LogP contribution in [0, 0.1) is 0 Å². The highest BCUT2D eigenvalue weighted by Crippen LogP contribution is 2.12. The predicted octanol–water partition coefficient (Wildman–Crippen LogP) is 3.02. The van der Waals surface area contributed by atoms with E-state index < -0.39 is 20.2 Å². The number of benzene rings is 2. The summed E-state index contributed by atoms with van der Waals surface area (Å²) in [6, 6.07) is 10.3. The molecule has 2 aromatic rings. The Morgan fingerprint density at radius 1 is 0.714 bits per heavy atom. The summed E-state index contributed by atoms with van der Waals surface area (Å²) >= 11 is 5.96. The highest BCUT2D eigenvalue weighted by atomic mass is 79.9. The normalized spacial score (nSPS) is 11.3. The molecule has 2 N–H and O–H groups in total. The molecule has 2 aromatic carbocycles. The standard InChI is InChI=1S/2C8H7BrO4S/c9-5-8(10)6-1-3-7(4-2-6)14(11,12)13;9-5-8(10)6-2-1-3-7(4-6)14(11,12)13/h2*1-4H,5H2,(H,11,12,13). The maximum absolute atomic E-state index is 11.2. The van der Waals surface area contributed by atoms with Crippen LogP contribution >= 0.6 is 31.9 Å². The van der Waals surface area contributed by atoms with Crippen molar-refractivity contribution in [3.63, 3.8) is 0 Å². The molecule has 0 aliphatic rings. The number of hydrogen-bond donors (Lipinski definition) is 2. The second-order valence-corrected chi connectivity index (χ2v) is 9.08. The number of Topliss-reactive ketones (excluding diaryl/α,β-unsaturated/α-hetero) is 2. The number of rotatable bonds is 6. The van der Waals surface area contributed by atoms with E-state index in [4.69, 9.17) is 9.11 Å². The van der Waals surface area contributed by atoms with Crippen LogP contribution in [0.5, 0.6) is 0 Å². The third kappa shape index (κ3) is 7.53. The zero-order valence-corrected chi connectivity index (χ0v) is 18.8. The van der Waals surface area contributed by atoms with Gasteiger partial charge in [-0.3, -0.25) is 18.7 Å². The van der Waals surface area contributed by atoms with E-state index in [1.807, 2.05) is 0 Å². The molecule has 0 aliphatic heterocycles. The van der Waals surface area contributed by atoms with E-state index in [1.54, 1.807) is 0 Å². The minimum Gasteiger partial charge on any atom is -0.293 e. The van der Waals surface area contributed by atoms with Crippen LogP contribution in [0.4, 0.5) is 0 Å². The fourth-order valence-corrected chi connectivity index (χ4v) is 3.45. The summed E-state index contributed by atoms with van der Waals surface area (Å²) in [5, 5.41) is 0.292. The van der Waals surface area contributed by atoms with Gasteiger partial charge in [-0.15, -0.1) is 0 Å². The first-order chi connectivity index (χ1) is 12.9. The molecule has 0 atom stereocenters. The largest absolute Gasteiger partial charge is 0.294 e. The molecule has 0 amide bonds. The second-order valence-electron chi connectivity index (χ2n) is 5.12. The lowest BCUT2D eigenvalue weighted by Crippen LogP contribution is -2.03. The number of carbonyl (C=O) groups excluding carboxylic acids is 2.